The van der Waals surface area contributed by atoms with Crippen molar-refractivity contribution in [2.24, 2.45) is 17.3 Å². The predicted molar refractivity (Wildman–Crippen MR) is 66.7 cm³/mol. The zero-order chi connectivity index (χ0) is 11.2. The van der Waals surface area contributed by atoms with Crippen molar-refractivity contribution in [3.63, 3.8) is 0 Å². The maximum atomic E-state index is 2.51. The molecule has 0 heteroatoms. The second-order valence-corrected chi connectivity index (χ2v) is 6.50. The van der Waals surface area contributed by atoms with Crippen molar-refractivity contribution in [3.8, 4) is 0 Å². The van der Waals surface area contributed by atoms with Crippen molar-refractivity contribution >= 4 is 0 Å². The smallest absolute Gasteiger partial charge is 0.0129 e. The van der Waals surface area contributed by atoms with Crippen LogP contribution in [-0.2, 0) is 0 Å². The molecular weight excluding hydrogens is 180 g/mol. The summed E-state index contributed by atoms with van der Waals surface area (Å²) < 4.78 is 0. The number of fused-ring (bicyclic) bond motifs is 1. The monoisotopic (exact) mass is 204 g/mol. The number of rotatable bonds is 0. The molecule has 84 valence electrons. The lowest BCUT2D eigenvalue weighted by atomic mass is 9.65. The zero-order valence-electron chi connectivity index (χ0n) is 10.9. The van der Waals surface area contributed by atoms with Crippen molar-refractivity contribution in [2.45, 2.75) is 53.9 Å². The first-order valence-corrected chi connectivity index (χ1v) is 6.27. The second-order valence-electron chi connectivity index (χ2n) is 6.50. The van der Waals surface area contributed by atoms with Crippen LogP contribution in [0.15, 0.2) is 22.8 Å². The van der Waals surface area contributed by atoms with Crippen molar-refractivity contribution in [2.75, 3.05) is 0 Å². The minimum absolute atomic E-state index is 0.507. The van der Waals surface area contributed by atoms with Crippen LogP contribution in [0.1, 0.15) is 53.9 Å². The standard InChI is InChI=1S/C15H24/c1-10(2)13-8-15(4,5)9-14-11(3)6-7-12(13)14/h7,11,14H,6,8-9H2,1-5H3. The van der Waals surface area contributed by atoms with E-state index in [4.69, 9.17) is 0 Å². The molecule has 0 heterocycles. The third kappa shape index (κ3) is 1.91. The molecule has 0 aromatic rings. The van der Waals surface area contributed by atoms with Gasteiger partial charge in [0.25, 0.3) is 0 Å². The van der Waals surface area contributed by atoms with Gasteiger partial charge in [-0.25, -0.2) is 0 Å². The molecule has 2 aliphatic carbocycles. The average Bonchev–Trinajstić information content (AvgIpc) is 2.45. The zero-order valence-corrected chi connectivity index (χ0v) is 10.9. The lowest BCUT2D eigenvalue weighted by molar-refractivity contribution is 0.228. The molecule has 1 saturated carbocycles. The van der Waals surface area contributed by atoms with Gasteiger partial charge in [-0.2, -0.15) is 0 Å². The largest absolute Gasteiger partial charge is 0.0805 e. The van der Waals surface area contributed by atoms with E-state index in [0.717, 1.165) is 11.8 Å². The third-order valence-electron chi connectivity index (χ3n) is 4.18. The van der Waals surface area contributed by atoms with E-state index in [1.165, 1.54) is 24.8 Å². The highest BCUT2D eigenvalue weighted by Gasteiger charge is 2.39. The summed E-state index contributed by atoms with van der Waals surface area (Å²) in [6, 6.07) is 0. The molecule has 2 aliphatic rings. The second kappa shape index (κ2) is 3.50. The van der Waals surface area contributed by atoms with E-state index < -0.39 is 0 Å². The molecule has 0 radical (unpaired) electrons. The van der Waals surface area contributed by atoms with E-state index in [1.807, 2.05) is 0 Å². The van der Waals surface area contributed by atoms with Crippen LogP contribution in [0.2, 0.25) is 0 Å². The Hall–Kier alpha value is -0.520. The molecule has 0 amide bonds. The molecule has 2 atom stereocenters. The maximum Gasteiger partial charge on any atom is -0.0129 e. The van der Waals surface area contributed by atoms with Gasteiger partial charge in [0.15, 0.2) is 0 Å². The average molecular weight is 204 g/mol. The van der Waals surface area contributed by atoms with Crippen LogP contribution in [-0.4, -0.2) is 0 Å². The van der Waals surface area contributed by atoms with Gasteiger partial charge in [0.1, 0.15) is 0 Å². The van der Waals surface area contributed by atoms with Gasteiger partial charge in [-0.1, -0.05) is 32.4 Å². The van der Waals surface area contributed by atoms with Crippen molar-refractivity contribution < 1.29 is 0 Å². The molecule has 2 rings (SSSR count). The fraction of sp³-hybridized carbons (Fsp3) is 0.733. The van der Waals surface area contributed by atoms with Crippen molar-refractivity contribution in [3.05, 3.63) is 22.8 Å². The van der Waals surface area contributed by atoms with E-state index in [2.05, 4.69) is 40.7 Å². The molecule has 0 aromatic heterocycles. The Bertz CT molecular complexity index is 324. The minimum Gasteiger partial charge on any atom is -0.0805 e. The number of allylic oxidation sites excluding steroid dienone is 4. The summed E-state index contributed by atoms with van der Waals surface area (Å²) in [6.45, 7) is 11.8. The van der Waals surface area contributed by atoms with E-state index in [1.54, 1.807) is 11.1 Å². The highest BCUT2D eigenvalue weighted by molar-refractivity contribution is 5.41. The van der Waals surface area contributed by atoms with Crippen LogP contribution in [0, 0.1) is 17.3 Å². The summed E-state index contributed by atoms with van der Waals surface area (Å²) in [6.07, 6.45) is 6.47. The minimum atomic E-state index is 0.507. The molecule has 1 fully saturated rings. The van der Waals surface area contributed by atoms with Crippen LogP contribution in [0.25, 0.3) is 0 Å². The first kappa shape index (κ1) is 11.0. The van der Waals surface area contributed by atoms with Gasteiger partial charge in [0.05, 0.1) is 0 Å². The molecule has 0 aromatic carbocycles. The Kier molecular flexibility index (Phi) is 2.56. The Labute approximate surface area is 94.5 Å². The molecule has 0 aliphatic heterocycles. The Morgan fingerprint density at radius 2 is 2.00 bits per heavy atom. The van der Waals surface area contributed by atoms with Crippen LogP contribution in [0.4, 0.5) is 0 Å². The Morgan fingerprint density at radius 3 is 2.60 bits per heavy atom. The summed E-state index contributed by atoms with van der Waals surface area (Å²) in [5, 5.41) is 0. The van der Waals surface area contributed by atoms with E-state index >= 15 is 0 Å². The first-order valence-electron chi connectivity index (χ1n) is 6.27. The molecule has 0 bridgehead atoms. The van der Waals surface area contributed by atoms with E-state index in [0.29, 0.717) is 5.41 Å². The predicted octanol–water partition coefficient (Wildman–Crippen LogP) is 4.73. The molecular formula is C15H24. The topological polar surface area (TPSA) is 0 Å². The highest BCUT2D eigenvalue weighted by Crippen LogP contribution is 2.51. The SMILES string of the molecule is CC(C)=C1CC(C)(C)CC2C1=CCC2C. The van der Waals surface area contributed by atoms with Crippen LogP contribution < -0.4 is 0 Å². The Morgan fingerprint density at radius 1 is 1.33 bits per heavy atom. The number of hydrogen-bond donors (Lipinski definition) is 0. The maximum absolute atomic E-state index is 2.51. The lowest BCUT2D eigenvalue weighted by Crippen LogP contribution is -2.27. The van der Waals surface area contributed by atoms with Crippen molar-refractivity contribution in [1.29, 1.82) is 0 Å². The lowest BCUT2D eigenvalue weighted by Gasteiger charge is -2.39. The van der Waals surface area contributed by atoms with Gasteiger partial charge >= 0.3 is 0 Å². The van der Waals surface area contributed by atoms with Crippen molar-refractivity contribution in [1.82, 2.24) is 0 Å². The molecule has 0 N–H and O–H groups in total. The number of hydrogen-bond acceptors (Lipinski definition) is 0. The molecule has 0 spiro atoms. The van der Waals surface area contributed by atoms with Gasteiger partial charge in [0.2, 0.25) is 0 Å². The summed E-state index contributed by atoms with van der Waals surface area (Å²) in [7, 11) is 0. The third-order valence-corrected chi connectivity index (χ3v) is 4.18. The van der Waals surface area contributed by atoms with Gasteiger partial charge in [-0.15, -0.1) is 0 Å². The summed E-state index contributed by atoms with van der Waals surface area (Å²) in [4.78, 5) is 0. The van der Waals surface area contributed by atoms with Gasteiger partial charge < -0.3 is 0 Å². The molecule has 2 unspecified atom stereocenters. The molecule has 0 saturated heterocycles. The van der Waals surface area contributed by atoms with Crippen LogP contribution in [0.3, 0.4) is 0 Å². The normalized spacial score (nSPS) is 33.7. The van der Waals surface area contributed by atoms with E-state index in [-0.39, 0.29) is 0 Å². The quantitative estimate of drug-likeness (QED) is 0.535. The van der Waals surface area contributed by atoms with Gasteiger partial charge in [0, 0.05) is 0 Å². The fourth-order valence-electron chi connectivity index (χ4n) is 3.31. The van der Waals surface area contributed by atoms with Crippen LogP contribution in [0.5, 0.6) is 0 Å². The van der Waals surface area contributed by atoms with Gasteiger partial charge in [-0.05, 0) is 61.5 Å². The van der Waals surface area contributed by atoms with Gasteiger partial charge in [-0.3, -0.25) is 0 Å². The fourth-order valence-corrected chi connectivity index (χ4v) is 3.31. The van der Waals surface area contributed by atoms with E-state index in [9.17, 15) is 0 Å². The highest BCUT2D eigenvalue weighted by atomic mass is 14.4. The molecule has 0 nitrogen and oxygen atoms in total. The summed E-state index contributed by atoms with van der Waals surface area (Å²) in [5.41, 5.74) is 5.41. The summed E-state index contributed by atoms with van der Waals surface area (Å²) in [5.74, 6) is 1.72. The molecule has 15 heavy (non-hydrogen) atoms. The van der Waals surface area contributed by atoms with Crippen LogP contribution >= 0.6 is 0 Å². The Balaban J connectivity index is 2.38. The first-order chi connectivity index (χ1) is 6.91. The summed E-state index contributed by atoms with van der Waals surface area (Å²) >= 11 is 0.